The smallest absolute Gasteiger partial charge is 0.201 e. The predicted octanol–water partition coefficient (Wildman–Crippen LogP) is 4.59. The van der Waals surface area contributed by atoms with Crippen molar-refractivity contribution in [3.8, 4) is 0 Å². The Labute approximate surface area is 135 Å². The van der Waals surface area contributed by atoms with Crippen LogP contribution in [0.4, 0.5) is 10.3 Å². The number of rotatable bonds is 3. The van der Waals surface area contributed by atoms with Gasteiger partial charge in [0.1, 0.15) is 5.82 Å². The molecule has 0 atom stereocenters. The molecule has 0 spiro atoms. The zero-order valence-electron chi connectivity index (χ0n) is 10.2. The molecule has 7 heteroatoms. The Bertz CT molecular complexity index is 781. The third kappa shape index (κ3) is 2.62. The number of benzene rings is 1. The van der Waals surface area contributed by atoms with Gasteiger partial charge in [-0.2, -0.15) is 0 Å². The lowest BCUT2D eigenvalue weighted by Crippen LogP contribution is -2.05. The summed E-state index contributed by atoms with van der Waals surface area (Å²) in [6.45, 7) is 0.716. The van der Waals surface area contributed by atoms with Crippen LogP contribution in [0, 0.1) is 5.82 Å². The standard InChI is InChI=1S/C13H10Br2FN3S/c14-8-5-11-10(6-9(8)16)18-13(17)19(11)4-3-7-1-2-12(15)20-7/h1-2,5-6H,3-4H2,(H2,17,18). The van der Waals surface area contributed by atoms with Crippen LogP contribution in [0.25, 0.3) is 11.0 Å². The Hall–Kier alpha value is -0.920. The summed E-state index contributed by atoms with van der Waals surface area (Å²) in [5.74, 6) is 0.0810. The van der Waals surface area contributed by atoms with E-state index < -0.39 is 0 Å². The highest BCUT2D eigenvalue weighted by molar-refractivity contribution is 9.11. The number of anilines is 1. The molecule has 2 heterocycles. The maximum Gasteiger partial charge on any atom is 0.201 e. The van der Waals surface area contributed by atoms with Crippen molar-refractivity contribution in [2.24, 2.45) is 0 Å². The largest absolute Gasteiger partial charge is 0.369 e. The third-order valence-corrected chi connectivity index (χ3v) is 5.32. The highest BCUT2D eigenvalue weighted by Gasteiger charge is 2.12. The van der Waals surface area contributed by atoms with Gasteiger partial charge < -0.3 is 10.3 Å². The van der Waals surface area contributed by atoms with Gasteiger partial charge in [-0.1, -0.05) is 0 Å². The monoisotopic (exact) mass is 417 g/mol. The summed E-state index contributed by atoms with van der Waals surface area (Å²) in [5.41, 5.74) is 7.35. The second-order valence-electron chi connectivity index (χ2n) is 4.33. The van der Waals surface area contributed by atoms with Crippen LogP contribution in [0.1, 0.15) is 4.88 Å². The Morgan fingerprint density at radius 2 is 2.10 bits per heavy atom. The minimum atomic E-state index is -0.329. The Morgan fingerprint density at radius 1 is 1.30 bits per heavy atom. The van der Waals surface area contributed by atoms with Crippen molar-refractivity contribution in [3.05, 3.63) is 43.2 Å². The van der Waals surface area contributed by atoms with Gasteiger partial charge in [0.2, 0.25) is 5.95 Å². The molecule has 3 nitrogen and oxygen atoms in total. The lowest BCUT2D eigenvalue weighted by Gasteiger charge is -2.05. The number of aromatic nitrogens is 2. The molecular formula is C13H10Br2FN3S. The number of hydrogen-bond acceptors (Lipinski definition) is 3. The number of nitrogens with two attached hydrogens (primary N) is 1. The first kappa shape index (κ1) is 14.0. The maximum atomic E-state index is 13.5. The molecule has 2 aromatic heterocycles. The van der Waals surface area contributed by atoms with Crippen LogP contribution in [0.2, 0.25) is 0 Å². The molecule has 104 valence electrons. The normalized spacial score (nSPS) is 11.3. The van der Waals surface area contributed by atoms with Gasteiger partial charge in [0.25, 0.3) is 0 Å². The summed E-state index contributed by atoms with van der Waals surface area (Å²) < 4.78 is 16.9. The molecule has 0 aliphatic carbocycles. The van der Waals surface area contributed by atoms with Gasteiger partial charge in [-0.15, -0.1) is 11.3 Å². The molecule has 0 amide bonds. The van der Waals surface area contributed by atoms with Crippen LogP contribution in [-0.4, -0.2) is 9.55 Å². The van der Waals surface area contributed by atoms with E-state index in [4.69, 9.17) is 5.73 Å². The van der Waals surface area contributed by atoms with E-state index in [1.807, 2.05) is 10.6 Å². The lowest BCUT2D eigenvalue weighted by atomic mass is 10.3. The van der Waals surface area contributed by atoms with E-state index in [0.717, 1.165) is 15.7 Å². The number of imidazole rings is 1. The molecule has 0 aliphatic rings. The molecule has 3 rings (SSSR count). The van der Waals surface area contributed by atoms with E-state index in [-0.39, 0.29) is 5.82 Å². The number of fused-ring (bicyclic) bond motifs is 1. The van der Waals surface area contributed by atoms with Crippen molar-refractivity contribution >= 4 is 60.2 Å². The summed E-state index contributed by atoms with van der Waals surface area (Å²) in [6, 6.07) is 7.23. The van der Waals surface area contributed by atoms with E-state index in [0.29, 0.717) is 22.5 Å². The average Bonchev–Trinajstić information content (AvgIpc) is 2.92. The fraction of sp³-hybridized carbons (Fsp3) is 0.154. The summed E-state index contributed by atoms with van der Waals surface area (Å²) >= 11 is 8.35. The molecular weight excluding hydrogens is 409 g/mol. The molecule has 2 N–H and O–H groups in total. The van der Waals surface area contributed by atoms with Crippen molar-refractivity contribution in [3.63, 3.8) is 0 Å². The summed E-state index contributed by atoms with van der Waals surface area (Å²) in [4.78, 5) is 5.47. The Balaban J connectivity index is 1.94. The second-order valence-corrected chi connectivity index (χ2v) is 7.73. The molecule has 20 heavy (non-hydrogen) atoms. The number of thiophene rings is 1. The van der Waals surface area contributed by atoms with Crippen molar-refractivity contribution < 1.29 is 4.39 Å². The van der Waals surface area contributed by atoms with Gasteiger partial charge >= 0.3 is 0 Å². The summed E-state index contributed by atoms with van der Waals surface area (Å²) in [7, 11) is 0. The van der Waals surface area contributed by atoms with Crippen molar-refractivity contribution in [2.75, 3.05) is 5.73 Å². The molecule has 0 saturated heterocycles. The van der Waals surface area contributed by atoms with Crippen LogP contribution in [-0.2, 0) is 13.0 Å². The minimum absolute atomic E-state index is 0.329. The summed E-state index contributed by atoms with van der Waals surface area (Å²) in [6.07, 6.45) is 0.862. The highest BCUT2D eigenvalue weighted by Crippen LogP contribution is 2.27. The summed E-state index contributed by atoms with van der Waals surface area (Å²) in [5, 5.41) is 0. The highest BCUT2D eigenvalue weighted by atomic mass is 79.9. The van der Waals surface area contributed by atoms with Crippen molar-refractivity contribution in [2.45, 2.75) is 13.0 Å². The quantitative estimate of drug-likeness (QED) is 0.676. The van der Waals surface area contributed by atoms with Gasteiger partial charge in [-0.25, -0.2) is 9.37 Å². The zero-order chi connectivity index (χ0) is 14.3. The molecule has 0 radical (unpaired) electrons. The van der Waals surface area contributed by atoms with Crippen LogP contribution < -0.4 is 5.73 Å². The van der Waals surface area contributed by atoms with Crippen LogP contribution in [0.5, 0.6) is 0 Å². The first-order valence-corrected chi connectivity index (χ1v) is 8.30. The molecule has 0 fully saturated rings. The topological polar surface area (TPSA) is 43.8 Å². The van der Waals surface area contributed by atoms with Crippen LogP contribution >= 0.6 is 43.2 Å². The Morgan fingerprint density at radius 3 is 2.80 bits per heavy atom. The van der Waals surface area contributed by atoms with E-state index in [2.05, 4.69) is 42.9 Å². The molecule has 0 bridgehead atoms. The zero-order valence-corrected chi connectivity index (χ0v) is 14.2. The van der Waals surface area contributed by atoms with E-state index in [9.17, 15) is 4.39 Å². The fourth-order valence-corrected chi connectivity index (χ4v) is 3.89. The van der Waals surface area contributed by atoms with Crippen molar-refractivity contribution in [1.29, 1.82) is 0 Å². The SMILES string of the molecule is Nc1nc2cc(F)c(Br)cc2n1CCc1ccc(Br)s1. The number of halogens is 3. The van der Waals surface area contributed by atoms with E-state index in [1.165, 1.54) is 10.9 Å². The number of hydrogen-bond donors (Lipinski definition) is 1. The first-order chi connectivity index (χ1) is 9.54. The first-order valence-electron chi connectivity index (χ1n) is 5.89. The lowest BCUT2D eigenvalue weighted by molar-refractivity contribution is 0.622. The van der Waals surface area contributed by atoms with Gasteiger partial charge in [0.05, 0.1) is 19.3 Å². The van der Waals surface area contributed by atoms with Gasteiger partial charge in [0.15, 0.2) is 0 Å². The van der Waals surface area contributed by atoms with Gasteiger partial charge in [-0.05, 0) is 56.5 Å². The Kier molecular flexibility index (Phi) is 3.83. The number of aryl methyl sites for hydroxylation is 2. The molecule has 1 aromatic carbocycles. The molecule has 0 saturated carbocycles. The molecule has 3 aromatic rings. The van der Waals surface area contributed by atoms with E-state index >= 15 is 0 Å². The maximum absolute atomic E-state index is 13.5. The van der Waals surface area contributed by atoms with Gasteiger partial charge in [-0.3, -0.25) is 0 Å². The predicted molar refractivity (Wildman–Crippen MR) is 87.5 cm³/mol. The fourth-order valence-electron chi connectivity index (χ4n) is 2.08. The minimum Gasteiger partial charge on any atom is -0.369 e. The number of nitrogen functional groups attached to an aromatic ring is 1. The second kappa shape index (κ2) is 5.46. The van der Waals surface area contributed by atoms with Crippen molar-refractivity contribution in [1.82, 2.24) is 9.55 Å². The molecule has 0 aliphatic heterocycles. The number of nitrogens with zero attached hydrogens (tertiary/aromatic N) is 2. The molecule has 0 unspecified atom stereocenters. The van der Waals surface area contributed by atoms with Crippen LogP contribution in [0.3, 0.4) is 0 Å². The van der Waals surface area contributed by atoms with Crippen LogP contribution in [0.15, 0.2) is 32.5 Å². The van der Waals surface area contributed by atoms with E-state index in [1.54, 1.807) is 17.4 Å². The average molecular weight is 419 g/mol. The van der Waals surface area contributed by atoms with Gasteiger partial charge in [0, 0.05) is 17.5 Å². The third-order valence-electron chi connectivity index (χ3n) is 3.03.